The van der Waals surface area contributed by atoms with E-state index in [2.05, 4.69) is 21.2 Å². The first-order chi connectivity index (χ1) is 8.37. The van der Waals surface area contributed by atoms with E-state index < -0.39 is 11.4 Å². The van der Waals surface area contributed by atoms with Crippen LogP contribution in [0.5, 0.6) is 0 Å². The Morgan fingerprint density at radius 3 is 2.72 bits per heavy atom. The minimum absolute atomic E-state index is 0.0644. The van der Waals surface area contributed by atoms with Crippen molar-refractivity contribution in [1.29, 1.82) is 0 Å². The maximum atomic E-state index is 11.8. The van der Waals surface area contributed by atoms with E-state index in [-0.39, 0.29) is 5.91 Å². The van der Waals surface area contributed by atoms with Gasteiger partial charge in [0.05, 0.1) is 17.6 Å². The van der Waals surface area contributed by atoms with Gasteiger partial charge in [0.2, 0.25) is 5.91 Å². The quantitative estimate of drug-likeness (QED) is 0.854. The Balaban J connectivity index is 2.50. The first kappa shape index (κ1) is 13.1. The average Bonchev–Trinajstić information content (AvgIpc) is 2.50. The average molecular weight is 312 g/mol. The van der Waals surface area contributed by atoms with Crippen molar-refractivity contribution in [3.05, 3.63) is 27.7 Å². The van der Waals surface area contributed by atoms with E-state index in [1.807, 2.05) is 13.8 Å². The number of rotatable bonds is 2. The van der Waals surface area contributed by atoms with Gasteiger partial charge in [0.25, 0.3) is 0 Å². The van der Waals surface area contributed by atoms with Gasteiger partial charge in [-0.2, -0.15) is 0 Å². The minimum Gasteiger partial charge on any atom is -0.462 e. The fourth-order valence-corrected chi connectivity index (χ4v) is 2.47. The molecular weight excluding hydrogens is 298 g/mol. The monoisotopic (exact) mass is 311 g/mol. The van der Waals surface area contributed by atoms with E-state index in [0.717, 1.165) is 5.56 Å². The number of carbonyl (C=O) groups excluding carboxylic acids is 2. The summed E-state index contributed by atoms with van der Waals surface area (Å²) in [4.78, 5) is 23.6. The van der Waals surface area contributed by atoms with Gasteiger partial charge < -0.3 is 10.1 Å². The molecule has 1 aromatic rings. The standard InChI is InChI=1S/C13H14BrNO3/c1-4-18-11(16)7-5-10-8(6-9(7)14)13(2,3)12(17)15-10/h5-6H,4H2,1-3H3,(H,15,17). The third-order valence-corrected chi connectivity index (χ3v) is 3.75. The Morgan fingerprint density at radius 2 is 2.11 bits per heavy atom. The van der Waals surface area contributed by atoms with Crippen molar-refractivity contribution in [2.45, 2.75) is 26.2 Å². The molecule has 5 heteroatoms. The molecule has 0 bridgehead atoms. The lowest BCUT2D eigenvalue weighted by molar-refractivity contribution is -0.119. The van der Waals surface area contributed by atoms with Crippen LogP contribution >= 0.6 is 15.9 Å². The molecule has 1 heterocycles. The summed E-state index contributed by atoms with van der Waals surface area (Å²) in [5.74, 6) is -0.462. The van der Waals surface area contributed by atoms with Gasteiger partial charge in [-0.3, -0.25) is 4.79 Å². The molecule has 0 radical (unpaired) electrons. The summed E-state index contributed by atoms with van der Waals surface area (Å²) in [5, 5.41) is 2.78. The molecule has 0 unspecified atom stereocenters. The van der Waals surface area contributed by atoms with Crippen molar-refractivity contribution in [2.75, 3.05) is 11.9 Å². The summed E-state index contributed by atoms with van der Waals surface area (Å²) in [7, 11) is 0. The lowest BCUT2D eigenvalue weighted by Gasteiger charge is -2.15. The number of fused-ring (bicyclic) bond motifs is 1. The third-order valence-electron chi connectivity index (χ3n) is 3.09. The van der Waals surface area contributed by atoms with E-state index >= 15 is 0 Å². The molecule has 0 saturated carbocycles. The van der Waals surface area contributed by atoms with E-state index in [4.69, 9.17) is 4.74 Å². The number of hydrogen-bond donors (Lipinski definition) is 1. The molecule has 0 fully saturated rings. The number of anilines is 1. The van der Waals surface area contributed by atoms with Crippen LogP contribution in [0.25, 0.3) is 0 Å². The summed E-state index contributed by atoms with van der Waals surface area (Å²) in [6, 6.07) is 3.46. The fourth-order valence-electron chi connectivity index (χ4n) is 1.96. The van der Waals surface area contributed by atoms with Gasteiger partial charge in [0.1, 0.15) is 0 Å². The number of carbonyl (C=O) groups is 2. The predicted molar refractivity (Wildman–Crippen MR) is 71.8 cm³/mol. The number of hydrogen-bond acceptors (Lipinski definition) is 3. The lowest BCUT2D eigenvalue weighted by atomic mass is 9.86. The minimum atomic E-state index is -0.578. The zero-order chi connectivity index (χ0) is 13.5. The molecule has 1 aliphatic heterocycles. The van der Waals surface area contributed by atoms with Crippen molar-refractivity contribution in [3.63, 3.8) is 0 Å². The number of ether oxygens (including phenoxy) is 1. The molecule has 18 heavy (non-hydrogen) atoms. The van der Waals surface area contributed by atoms with Crippen LogP contribution in [0.3, 0.4) is 0 Å². The second-order valence-corrected chi connectivity index (χ2v) is 5.53. The molecule has 96 valence electrons. The van der Waals surface area contributed by atoms with Crippen molar-refractivity contribution in [3.8, 4) is 0 Å². The van der Waals surface area contributed by atoms with Gasteiger partial charge in [-0.05, 0) is 54.4 Å². The Morgan fingerprint density at radius 1 is 1.44 bits per heavy atom. The topological polar surface area (TPSA) is 55.4 Å². The molecule has 1 N–H and O–H groups in total. The summed E-state index contributed by atoms with van der Waals surface area (Å²) in [6.07, 6.45) is 0. The molecule has 0 aliphatic carbocycles. The van der Waals surface area contributed by atoms with Gasteiger partial charge in [-0.15, -0.1) is 0 Å². The zero-order valence-corrected chi connectivity index (χ0v) is 12.1. The van der Waals surface area contributed by atoms with Crippen molar-refractivity contribution in [2.24, 2.45) is 0 Å². The zero-order valence-electron chi connectivity index (χ0n) is 10.5. The molecule has 2 rings (SSSR count). The van der Waals surface area contributed by atoms with E-state index in [1.165, 1.54) is 0 Å². The molecule has 0 saturated heterocycles. The highest BCUT2D eigenvalue weighted by atomic mass is 79.9. The second-order valence-electron chi connectivity index (χ2n) is 4.68. The number of amides is 1. The van der Waals surface area contributed by atoms with Crippen LogP contribution in [0.15, 0.2) is 16.6 Å². The predicted octanol–water partition coefficient (Wildman–Crippen LogP) is 2.86. The Hall–Kier alpha value is -1.36. The van der Waals surface area contributed by atoms with Gasteiger partial charge >= 0.3 is 5.97 Å². The number of esters is 1. The van der Waals surface area contributed by atoms with Crippen LogP contribution in [-0.4, -0.2) is 18.5 Å². The third kappa shape index (κ3) is 1.92. The molecule has 1 aromatic carbocycles. The van der Waals surface area contributed by atoms with Crippen LogP contribution < -0.4 is 5.32 Å². The van der Waals surface area contributed by atoms with Crippen molar-refractivity contribution >= 4 is 33.5 Å². The first-order valence-corrected chi connectivity index (χ1v) is 6.49. The molecule has 1 amide bonds. The molecule has 0 aromatic heterocycles. The summed E-state index contributed by atoms with van der Waals surface area (Å²) < 4.78 is 5.61. The van der Waals surface area contributed by atoms with Gasteiger partial charge in [-0.1, -0.05) is 0 Å². The van der Waals surface area contributed by atoms with Gasteiger partial charge in [0, 0.05) is 10.2 Å². The maximum absolute atomic E-state index is 11.8. The SMILES string of the molecule is CCOC(=O)c1cc2c(cc1Br)C(C)(C)C(=O)N2. The van der Waals surface area contributed by atoms with Crippen LogP contribution in [-0.2, 0) is 14.9 Å². The van der Waals surface area contributed by atoms with Crippen molar-refractivity contribution < 1.29 is 14.3 Å². The maximum Gasteiger partial charge on any atom is 0.339 e. The molecule has 4 nitrogen and oxygen atoms in total. The van der Waals surface area contributed by atoms with Crippen LogP contribution in [0, 0.1) is 0 Å². The number of halogens is 1. The highest BCUT2D eigenvalue weighted by Gasteiger charge is 2.39. The summed E-state index contributed by atoms with van der Waals surface area (Å²) in [5.41, 5.74) is 1.41. The summed E-state index contributed by atoms with van der Waals surface area (Å²) in [6.45, 7) is 5.78. The first-order valence-electron chi connectivity index (χ1n) is 5.70. The largest absolute Gasteiger partial charge is 0.462 e. The van der Waals surface area contributed by atoms with Gasteiger partial charge in [0.15, 0.2) is 0 Å². The van der Waals surface area contributed by atoms with Crippen LogP contribution in [0.1, 0.15) is 36.7 Å². The normalized spacial score (nSPS) is 16.1. The van der Waals surface area contributed by atoms with Crippen LogP contribution in [0.2, 0.25) is 0 Å². The molecule has 0 spiro atoms. The molecule has 1 aliphatic rings. The number of nitrogens with one attached hydrogen (secondary N) is 1. The highest BCUT2D eigenvalue weighted by Crippen LogP contribution is 2.40. The fraction of sp³-hybridized carbons (Fsp3) is 0.385. The van der Waals surface area contributed by atoms with Crippen molar-refractivity contribution in [1.82, 2.24) is 0 Å². The molecular formula is C13H14BrNO3. The van der Waals surface area contributed by atoms with E-state index in [0.29, 0.717) is 22.3 Å². The van der Waals surface area contributed by atoms with E-state index in [1.54, 1.807) is 19.1 Å². The smallest absolute Gasteiger partial charge is 0.339 e. The molecule has 0 atom stereocenters. The Labute approximate surface area is 114 Å². The Kier molecular flexibility index (Phi) is 3.19. The second kappa shape index (κ2) is 4.39. The number of benzene rings is 1. The summed E-state index contributed by atoms with van der Waals surface area (Å²) >= 11 is 3.35. The van der Waals surface area contributed by atoms with Gasteiger partial charge in [-0.25, -0.2) is 4.79 Å². The van der Waals surface area contributed by atoms with E-state index in [9.17, 15) is 9.59 Å². The Bertz CT molecular complexity index is 537. The van der Waals surface area contributed by atoms with Crippen LogP contribution in [0.4, 0.5) is 5.69 Å². The highest BCUT2D eigenvalue weighted by molar-refractivity contribution is 9.10. The lowest BCUT2D eigenvalue weighted by Crippen LogP contribution is -2.26.